The number of piperidine rings is 1. The predicted octanol–water partition coefficient (Wildman–Crippen LogP) is 2.56. The molecule has 1 aliphatic heterocycles. The summed E-state index contributed by atoms with van der Waals surface area (Å²) in [5.41, 5.74) is 1.13. The number of carbonyl (C=O) groups excluding carboxylic acids is 1. The van der Waals surface area contributed by atoms with Crippen LogP contribution < -0.4 is 0 Å². The molecule has 1 aliphatic rings. The predicted molar refractivity (Wildman–Crippen MR) is 109 cm³/mol. The molecule has 1 fully saturated rings. The third-order valence-corrected chi connectivity index (χ3v) is 5.84. The van der Waals surface area contributed by atoms with Crippen molar-refractivity contribution in [2.75, 3.05) is 26.8 Å². The first-order valence-corrected chi connectivity index (χ1v) is 10.2. The quantitative estimate of drug-likeness (QED) is 0.590. The third-order valence-electron chi connectivity index (χ3n) is 5.84. The van der Waals surface area contributed by atoms with Gasteiger partial charge in [0.25, 0.3) is 11.8 Å². The topological polar surface area (TPSA) is 99.2 Å². The molecular formula is C21H26N6O3. The van der Waals surface area contributed by atoms with Gasteiger partial charge in [0.05, 0.1) is 5.56 Å². The van der Waals surface area contributed by atoms with Crippen LogP contribution in [0, 0.1) is 0 Å². The maximum absolute atomic E-state index is 13.0. The fourth-order valence-corrected chi connectivity index (χ4v) is 3.99. The van der Waals surface area contributed by atoms with E-state index in [0.717, 1.165) is 24.8 Å². The molecule has 0 radical (unpaired) electrons. The van der Waals surface area contributed by atoms with Gasteiger partial charge in [0, 0.05) is 57.4 Å². The fourth-order valence-electron chi connectivity index (χ4n) is 3.99. The summed E-state index contributed by atoms with van der Waals surface area (Å²) < 4.78 is 12.6. The number of methoxy groups -OCH3 is 1. The van der Waals surface area contributed by atoms with Crippen molar-refractivity contribution in [1.82, 2.24) is 29.8 Å². The second-order valence-corrected chi connectivity index (χ2v) is 7.51. The average molecular weight is 410 g/mol. The second-order valence-electron chi connectivity index (χ2n) is 7.51. The lowest BCUT2D eigenvalue weighted by Gasteiger charge is -2.39. The van der Waals surface area contributed by atoms with Gasteiger partial charge < -0.3 is 14.2 Å². The Bertz CT molecular complexity index is 976. The van der Waals surface area contributed by atoms with Crippen molar-refractivity contribution in [3.05, 3.63) is 48.3 Å². The zero-order valence-corrected chi connectivity index (χ0v) is 17.3. The zero-order chi connectivity index (χ0) is 21.0. The Morgan fingerprint density at radius 3 is 2.80 bits per heavy atom. The van der Waals surface area contributed by atoms with Gasteiger partial charge in [0.1, 0.15) is 5.69 Å². The van der Waals surface area contributed by atoms with Crippen molar-refractivity contribution in [2.24, 2.45) is 0 Å². The van der Waals surface area contributed by atoms with Crippen molar-refractivity contribution in [3.63, 3.8) is 0 Å². The summed E-state index contributed by atoms with van der Waals surface area (Å²) >= 11 is 0. The molecule has 158 valence electrons. The molecule has 0 bridgehead atoms. The Kier molecular flexibility index (Phi) is 5.89. The van der Waals surface area contributed by atoms with Crippen molar-refractivity contribution >= 4 is 5.91 Å². The largest absolute Gasteiger partial charge is 0.385 e. The molecule has 4 heterocycles. The van der Waals surface area contributed by atoms with Gasteiger partial charge in [0.2, 0.25) is 0 Å². The number of rotatable bonds is 7. The standard InChI is InChI=1S/C21H26N6O3/c1-3-27-17(6-11-23-27)19(28)26-12-7-21(8-13-26,9-14-29-2)20-24-18(30-25-20)16-5-4-10-22-15-16/h4-6,10-11,15H,3,7-9,12-14H2,1-2H3. The van der Waals surface area contributed by atoms with Crippen LogP contribution in [0.5, 0.6) is 0 Å². The third kappa shape index (κ3) is 3.85. The first-order chi connectivity index (χ1) is 14.7. The molecule has 1 saturated heterocycles. The van der Waals surface area contributed by atoms with Gasteiger partial charge in [-0.05, 0) is 44.4 Å². The Hall–Kier alpha value is -3.07. The van der Waals surface area contributed by atoms with E-state index in [2.05, 4.69) is 20.2 Å². The van der Waals surface area contributed by atoms with Crippen molar-refractivity contribution < 1.29 is 14.1 Å². The molecule has 0 N–H and O–H groups in total. The average Bonchev–Trinajstić information content (AvgIpc) is 3.48. The monoisotopic (exact) mass is 410 g/mol. The van der Waals surface area contributed by atoms with E-state index in [-0.39, 0.29) is 11.3 Å². The van der Waals surface area contributed by atoms with Gasteiger partial charge in [-0.3, -0.25) is 14.5 Å². The number of likely N-dealkylation sites (tertiary alicyclic amines) is 1. The van der Waals surface area contributed by atoms with Gasteiger partial charge in [-0.15, -0.1) is 0 Å². The molecule has 1 amide bonds. The summed E-state index contributed by atoms with van der Waals surface area (Å²) in [5.74, 6) is 1.14. The molecule has 4 rings (SSSR count). The Morgan fingerprint density at radius 1 is 1.27 bits per heavy atom. The number of pyridine rings is 1. The van der Waals surface area contributed by atoms with Crippen LogP contribution in [0.3, 0.4) is 0 Å². The first-order valence-electron chi connectivity index (χ1n) is 10.2. The highest BCUT2D eigenvalue weighted by Crippen LogP contribution is 2.38. The van der Waals surface area contributed by atoms with Crippen LogP contribution in [0.2, 0.25) is 0 Å². The number of nitrogens with zero attached hydrogens (tertiary/aromatic N) is 6. The molecule has 3 aromatic heterocycles. The Balaban J connectivity index is 1.53. The maximum atomic E-state index is 13.0. The van der Waals surface area contributed by atoms with E-state index in [0.29, 0.717) is 43.7 Å². The number of ether oxygens (including phenoxy) is 1. The van der Waals surface area contributed by atoms with Crippen LogP contribution in [-0.2, 0) is 16.7 Å². The van der Waals surface area contributed by atoms with E-state index < -0.39 is 0 Å². The normalized spacial score (nSPS) is 16.0. The molecule has 0 atom stereocenters. The van der Waals surface area contributed by atoms with Crippen molar-refractivity contribution in [2.45, 2.75) is 38.1 Å². The maximum Gasteiger partial charge on any atom is 0.272 e. The Labute approximate surface area is 175 Å². The molecule has 0 saturated carbocycles. The van der Waals surface area contributed by atoms with E-state index in [1.807, 2.05) is 24.0 Å². The SMILES string of the molecule is CCn1nccc1C(=O)N1CCC(CCOC)(c2noc(-c3cccnc3)n2)CC1. The Morgan fingerprint density at radius 2 is 2.10 bits per heavy atom. The van der Waals surface area contributed by atoms with Crippen LogP contribution in [-0.4, -0.2) is 62.5 Å². The fraction of sp³-hybridized carbons (Fsp3) is 0.476. The van der Waals surface area contributed by atoms with E-state index >= 15 is 0 Å². The minimum Gasteiger partial charge on any atom is -0.385 e. The van der Waals surface area contributed by atoms with Crippen molar-refractivity contribution in [3.8, 4) is 11.5 Å². The number of amides is 1. The lowest BCUT2D eigenvalue weighted by atomic mass is 9.75. The summed E-state index contributed by atoms with van der Waals surface area (Å²) in [6.07, 6.45) is 7.34. The van der Waals surface area contributed by atoms with Crippen LogP contribution in [0.15, 0.2) is 41.3 Å². The number of aromatic nitrogens is 5. The van der Waals surface area contributed by atoms with Crippen LogP contribution in [0.1, 0.15) is 42.5 Å². The van der Waals surface area contributed by atoms with Gasteiger partial charge in [-0.25, -0.2) is 0 Å². The highest BCUT2D eigenvalue weighted by atomic mass is 16.5. The lowest BCUT2D eigenvalue weighted by molar-refractivity contribution is 0.0604. The molecule has 9 nitrogen and oxygen atoms in total. The van der Waals surface area contributed by atoms with Crippen LogP contribution in [0.25, 0.3) is 11.5 Å². The van der Waals surface area contributed by atoms with E-state index in [1.54, 1.807) is 36.4 Å². The van der Waals surface area contributed by atoms with E-state index in [9.17, 15) is 4.79 Å². The van der Waals surface area contributed by atoms with Gasteiger partial charge in [-0.1, -0.05) is 5.16 Å². The van der Waals surface area contributed by atoms with Gasteiger partial charge >= 0.3 is 0 Å². The van der Waals surface area contributed by atoms with Gasteiger partial charge in [0.15, 0.2) is 5.82 Å². The molecule has 0 unspecified atom stereocenters. The minimum absolute atomic E-state index is 0.0128. The molecule has 9 heteroatoms. The molecule has 30 heavy (non-hydrogen) atoms. The van der Waals surface area contributed by atoms with E-state index in [4.69, 9.17) is 9.26 Å². The highest BCUT2D eigenvalue weighted by molar-refractivity contribution is 5.92. The number of aryl methyl sites for hydroxylation is 1. The second kappa shape index (κ2) is 8.74. The smallest absolute Gasteiger partial charge is 0.272 e. The summed E-state index contributed by atoms with van der Waals surface area (Å²) in [6.45, 7) is 4.47. The molecule has 0 aromatic carbocycles. The van der Waals surface area contributed by atoms with E-state index in [1.165, 1.54) is 0 Å². The number of hydrogen-bond acceptors (Lipinski definition) is 7. The summed E-state index contributed by atoms with van der Waals surface area (Å²) in [6, 6.07) is 5.51. The number of hydrogen-bond donors (Lipinski definition) is 0. The van der Waals surface area contributed by atoms with Crippen LogP contribution in [0.4, 0.5) is 0 Å². The number of carbonyl (C=O) groups is 1. The first kappa shape index (κ1) is 20.2. The highest BCUT2D eigenvalue weighted by Gasteiger charge is 2.41. The minimum atomic E-state index is -0.290. The lowest BCUT2D eigenvalue weighted by Crippen LogP contribution is -2.46. The van der Waals surface area contributed by atoms with Gasteiger partial charge in [-0.2, -0.15) is 10.1 Å². The van der Waals surface area contributed by atoms with Crippen molar-refractivity contribution in [1.29, 1.82) is 0 Å². The summed E-state index contributed by atoms with van der Waals surface area (Å²) in [5, 5.41) is 8.52. The summed E-state index contributed by atoms with van der Waals surface area (Å²) in [4.78, 5) is 23.7. The van der Waals surface area contributed by atoms with Crippen LogP contribution >= 0.6 is 0 Å². The summed E-state index contributed by atoms with van der Waals surface area (Å²) in [7, 11) is 1.69. The molecule has 0 aliphatic carbocycles. The molecule has 0 spiro atoms. The molecular weight excluding hydrogens is 384 g/mol. The zero-order valence-electron chi connectivity index (χ0n) is 17.3. The molecule has 3 aromatic rings.